The number of hydrogen-bond donors (Lipinski definition) is 7. The molecule has 3 unspecified atom stereocenters. The molecular formula is C20H31N5O5S. The summed E-state index contributed by atoms with van der Waals surface area (Å²) in [7, 11) is 0. The van der Waals surface area contributed by atoms with Gasteiger partial charge in [0.25, 0.3) is 0 Å². The average Bonchev–Trinajstić information content (AvgIpc) is 2.75. The van der Waals surface area contributed by atoms with Crippen molar-refractivity contribution < 1.29 is 24.3 Å². The Morgan fingerprint density at radius 2 is 1.68 bits per heavy atom. The van der Waals surface area contributed by atoms with Gasteiger partial charge in [-0.2, -0.15) is 12.6 Å². The summed E-state index contributed by atoms with van der Waals surface area (Å²) in [5.74, 6) is -3.05. The molecular weight excluding hydrogens is 422 g/mol. The van der Waals surface area contributed by atoms with Crippen molar-refractivity contribution >= 4 is 36.3 Å². The first kappa shape index (κ1) is 26.4. The van der Waals surface area contributed by atoms with Crippen molar-refractivity contribution in [1.29, 1.82) is 0 Å². The van der Waals surface area contributed by atoms with E-state index in [1.165, 1.54) is 0 Å². The molecule has 0 saturated heterocycles. The number of amides is 3. The Kier molecular flexibility index (Phi) is 12.3. The number of benzene rings is 1. The summed E-state index contributed by atoms with van der Waals surface area (Å²) in [6, 6.07) is 6.26. The Labute approximate surface area is 186 Å². The number of aliphatic carboxylic acids is 1. The number of carbonyl (C=O) groups excluding carboxylic acids is 3. The predicted octanol–water partition coefficient (Wildman–Crippen LogP) is -1.21. The summed E-state index contributed by atoms with van der Waals surface area (Å²) < 4.78 is 0. The first-order valence-electron chi connectivity index (χ1n) is 9.99. The summed E-state index contributed by atoms with van der Waals surface area (Å²) in [5.41, 5.74) is 12.2. The van der Waals surface area contributed by atoms with Crippen LogP contribution in [0.4, 0.5) is 0 Å². The molecule has 0 radical (unpaired) electrons. The van der Waals surface area contributed by atoms with Gasteiger partial charge in [0.15, 0.2) is 0 Å². The zero-order valence-electron chi connectivity index (χ0n) is 17.3. The summed E-state index contributed by atoms with van der Waals surface area (Å²) in [6.07, 6.45) is 1.79. The molecule has 0 saturated carbocycles. The van der Waals surface area contributed by atoms with E-state index in [1.807, 2.05) is 30.3 Å². The molecule has 172 valence electrons. The second-order valence-corrected chi connectivity index (χ2v) is 7.37. The fourth-order valence-corrected chi connectivity index (χ4v) is 2.97. The Hall–Kier alpha value is -2.63. The van der Waals surface area contributed by atoms with Crippen LogP contribution >= 0.6 is 12.6 Å². The minimum absolute atomic E-state index is 0.0973. The quantitative estimate of drug-likeness (QED) is 0.136. The van der Waals surface area contributed by atoms with Crippen LogP contribution in [-0.2, 0) is 25.6 Å². The summed E-state index contributed by atoms with van der Waals surface area (Å²) in [4.78, 5) is 48.0. The van der Waals surface area contributed by atoms with Gasteiger partial charge in [-0.25, -0.2) is 4.79 Å². The minimum atomic E-state index is -1.23. The molecule has 31 heavy (non-hydrogen) atoms. The van der Waals surface area contributed by atoms with Crippen LogP contribution in [0.2, 0.25) is 0 Å². The maximum Gasteiger partial charge on any atom is 0.327 e. The molecule has 0 aliphatic heterocycles. The van der Waals surface area contributed by atoms with E-state index in [0.29, 0.717) is 25.8 Å². The number of carboxylic acids is 1. The van der Waals surface area contributed by atoms with Gasteiger partial charge in [0, 0.05) is 5.75 Å². The van der Waals surface area contributed by atoms with Crippen LogP contribution in [0.1, 0.15) is 24.8 Å². The molecule has 0 aliphatic carbocycles. The van der Waals surface area contributed by atoms with Gasteiger partial charge in [0.2, 0.25) is 17.7 Å². The standard InChI is InChI=1S/C20H31N5O5S/c21-9-5-4-8-15(19(28)25-16(12-31)20(29)30)24-17(26)11-23-18(27)14(22)10-13-6-2-1-3-7-13/h1-3,6-7,14-16,31H,4-5,8-12,21-22H2,(H,23,27)(H,24,26)(H,25,28)(H,29,30). The molecule has 0 spiro atoms. The minimum Gasteiger partial charge on any atom is -0.480 e. The summed E-state index contributed by atoms with van der Waals surface area (Å²) in [6.45, 7) is 0.0585. The molecule has 11 heteroatoms. The van der Waals surface area contributed by atoms with Crippen LogP contribution in [0.5, 0.6) is 0 Å². The van der Waals surface area contributed by atoms with Gasteiger partial charge in [-0.1, -0.05) is 30.3 Å². The molecule has 0 fully saturated rings. The number of hydrogen-bond acceptors (Lipinski definition) is 7. The number of carboxylic acid groups (broad SMARTS) is 1. The van der Waals surface area contributed by atoms with Crippen LogP contribution in [0.3, 0.4) is 0 Å². The molecule has 0 heterocycles. The number of rotatable bonds is 14. The number of carbonyl (C=O) groups is 4. The van der Waals surface area contributed by atoms with E-state index in [1.54, 1.807) is 0 Å². The lowest BCUT2D eigenvalue weighted by atomic mass is 10.1. The van der Waals surface area contributed by atoms with Crippen LogP contribution in [0, 0.1) is 0 Å². The van der Waals surface area contributed by atoms with Crippen molar-refractivity contribution in [3.05, 3.63) is 35.9 Å². The van der Waals surface area contributed by atoms with E-state index in [9.17, 15) is 19.2 Å². The van der Waals surface area contributed by atoms with Gasteiger partial charge >= 0.3 is 5.97 Å². The molecule has 1 aromatic carbocycles. The van der Waals surface area contributed by atoms with Crippen LogP contribution < -0.4 is 27.4 Å². The normalized spacial score (nSPS) is 13.5. The Morgan fingerprint density at radius 1 is 1.00 bits per heavy atom. The zero-order valence-corrected chi connectivity index (χ0v) is 18.1. The number of nitrogens with two attached hydrogens (primary N) is 2. The predicted molar refractivity (Wildman–Crippen MR) is 119 cm³/mol. The van der Waals surface area contributed by atoms with E-state index >= 15 is 0 Å². The van der Waals surface area contributed by atoms with Crippen molar-refractivity contribution in [3.8, 4) is 0 Å². The molecule has 10 nitrogen and oxygen atoms in total. The fourth-order valence-electron chi connectivity index (χ4n) is 2.72. The fraction of sp³-hybridized carbons (Fsp3) is 0.500. The molecule has 0 aromatic heterocycles. The Balaban J connectivity index is 2.59. The van der Waals surface area contributed by atoms with Gasteiger partial charge in [0.05, 0.1) is 12.6 Å². The lowest BCUT2D eigenvalue weighted by Crippen LogP contribution is -2.54. The summed E-state index contributed by atoms with van der Waals surface area (Å²) >= 11 is 3.91. The lowest BCUT2D eigenvalue weighted by molar-refractivity contribution is -0.141. The molecule has 8 N–H and O–H groups in total. The van der Waals surface area contributed by atoms with Crippen molar-refractivity contribution in [1.82, 2.24) is 16.0 Å². The Bertz CT molecular complexity index is 734. The van der Waals surface area contributed by atoms with Gasteiger partial charge in [-0.05, 0) is 37.8 Å². The average molecular weight is 454 g/mol. The second-order valence-electron chi connectivity index (χ2n) is 7.00. The lowest BCUT2D eigenvalue weighted by Gasteiger charge is -2.21. The first-order valence-corrected chi connectivity index (χ1v) is 10.6. The maximum absolute atomic E-state index is 12.4. The molecule has 1 rings (SSSR count). The number of nitrogens with one attached hydrogen (secondary N) is 3. The third-order valence-corrected chi connectivity index (χ3v) is 4.82. The topological polar surface area (TPSA) is 177 Å². The first-order chi connectivity index (χ1) is 14.8. The third-order valence-electron chi connectivity index (χ3n) is 4.45. The van der Waals surface area contributed by atoms with Crippen LogP contribution in [0.25, 0.3) is 0 Å². The molecule has 0 bridgehead atoms. The van der Waals surface area contributed by atoms with Crippen molar-refractivity contribution in [2.75, 3.05) is 18.8 Å². The highest BCUT2D eigenvalue weighted by Crippen LogP contribution is 2.03. The SMILES string of the molecule is NCCCCC(NC(=O)CNC(=O)C(N)Cc1ccccc1)C(=O)NC(CS)C(=O)O. The van der Waals surface area contributed by atoms with Gasteiger partial charge in [-0.3, -0.25) is 14.4 Å². The second kappa shape index (κ2) is 14.4. The third kappa shape index (κ3) is 10.3. The molecule has 0 aliphatic rings. The summed E-state index contributed by atoms with van der Waals surface area (Å²) in [5, 5.41) is 16.4. The van der Waals surface area contributed by atoms with Crippen LogP contribution in [-0.4, -0.2) is 65.8 Å². The van der Waals surface area contributed by atoms with E-state index in [4.69, 9.17) is 16.6 Å². The molecule has 3 amide bonds. The van der Waals surface area contributed by atoms with Gasteiger partial charge < -0.3 is 32.5 Å². The molecule has 1 aromatic rings. The highest BCUT2D eigenvalue weighted by atomic mass is 32.1. The molecule has 3 atom stereocenters. The number of unbranched alkanes of at least 4 members (excludes halogenated alkanes) is 1. The Morgan fingerprint density at radius 3 is 2.26 bits per heavy atom. The highest BCUT2D eigenvalue weighted by Gasteiger charge is 2.25. The van der Waals surface area contributed by atoms with Crippen molar-refractivity contribution in [3.63, 3.8) is 0 Å². The van der Waals surface area contributed by atoms with Gasteiger partial charge in [-0.15, -0.1) is 0 Å². The highest BCUT2D eigenvalue weighted by molar-refractivity contribution is 7.80. The van der Waals surface area contributed by atoms with E-state index in [2.05, 4.69) is 28.6 Å². The van der Waals surface area contributed by atoms with E-state index < -0.39 is 41.8 Å². The maximum atomic E-state index is 12.4. The smallest absolute Gasteiger partial charge is 0.327 e. The monoisotopic (exact) mass is 453 g/mol. The largest absolute Gasteiger partial charge is 0.480 e. The zero-order chi connectivity index (χ0) is 23.2. The van der Waals surface area contributed by atoms with Gasteiger partial charge in [0.1, 0.15) is 12.1 Å². The van der Waals surface area contributed by atoms with E-state index in [0.717, 1.165) is 5.56 Å². The van der Waals surface area contributed by atoms with Crippen molar-refractivity contribution in [2.24, 2.45) is 11.5 Å². The van der Waals surface area contributed by atoms with E-state index in [-0.39, 0.29) is 18.7 Å². The number of thiol groups is 1. The van der Waals surface area contributed by atoms with Crippen LogP contribution in [0.15, 0.2) is 30.3 Å². The van der Waals surface area contributed by atoms with Crippen molar-refractivity contribution in [2.45, 2.75) is 43.8 Å².